The summed E-state index contributed by atoms with van der Waals surface area (Å²) in [5.41, 5.74) is 1.30. The quantitative estimate of drug-likeness (QED) is 0.514. The Kier molecular flexibility index (Phi) is 1.49. The van der Waals surface area contributed by atoms with Gasteiger partial charge >= 0.3 is 0 Å². The lowest BCUT2D eigenvalue weighted by Crippen LogP contribution is -2.57. The van der Waals surface area contributed by atoms with Gasteiger partial charge in [-0.3, -0.25) is 0 Å². The molecule has 70 valence electrons. The molecule has 0 aromatic rings. The second kappa shape index (κ2) is 2.08. The smallest absolute Gasteiger partial charge is 0.0289 e. The Bertz CT molecular complexity index is 201. The summed E-state index contributed by atoms with van der Waals surface area (Å²) in [5.74, 6) is 2.95. The molecule has 0 heterocycles. The van der Waals surface area contributed by atoms with Crippen molar-refractivity contribution >= 4 is 0 Å². The van der Waals surface area contributed by atoms with Gasteiger partial charge in [-0.2, -0.15) is 0 Å². The van der Waals surface area contributed by atoms with E-state index in [1.165, 1.54) is 12.8 Å². The summed E-state index contributed by atoms with van der Waals surface area (Å²) < 4.78 is 0. The van der Waals surface area contributed by atoms with Gasteiger partial charge in [-0.25, -0.2) is 0 Å². The molecule has 0 aromatic heterocycles. The molecule has 3 rings (SSSR count). The van der Waals surface area contributed by atoms with Gasteiger partial charge in [-0.15, -0.1) is 0 Å². The zero-order chi connectivity index (χ0) is 9.15. The number of hydrogen-bond acceptors (Lipinski definition) is 0. The van der Waals surface area contributed by atoms with Crippen LogP contribution in [0.2, 0.25) is 0 Å². The first kappa shape index (κ1) is 8.59. The summed E-state index contributed by atoms with van der Waals surface area (Å²) >= 11 is 0. The molecule has 3 aliphatic rings. The molecule has 3 saturated carbocycles. The third-order valence-electron chi connectivity index (χ3n) is 5.18. The van der Waals surface area contributed by atoms with Crippen LogP contribution in [0.25, 0.3) is 0 Å². The van der Waals surface area contributed by atoms with E-state index < -0.39 is 0 Å². The minimum Gasteiger partial charge on any atom is -0.0617 e. The van der Waals surface area contributed by atoms with Crippen molar-refractivity contribution in [2.24, 2.45) is 28.6 Å². The van der Waals surface area contributed by atoms with Crippen molar-refractivity contribution < 1.29 is 0 Å². The van der Waals surface area contributed by atoms with E-state index in [-0.39, 0.29) is 0 Å². The average Bonchev–Trinajstić information content (AvgIpc) is 1.95. The molecule has 0 aliphatic heterocycles. The van der Waals surface area contributed by atoms with Gasteiger partial charge in [0.15, 0.2) is 0 Å². The second-order valence-electron chi connectivity index (χ2n) is 6.26. The molecule has 0 radical (unpaired) electrons. The molecule has 0 aromatic carbocycles. The monoisotopic (exact) mass is 166 g/mol. The molecule has 3 aliphatic carbocycles. The van der Waals surface area contributed by atoms with Crippen LogP contribution in [0.5, 0.6) is 0 Å². The van der Waals surface area contributed by atoms with Crippen molar-refractivity contribution in [3.8, 4) is 0 Å². The first-order valence-corrected chi connectivity index (χ1v) is 5.37. The molecular formula is C12H22. The topological polar surface area (TPSA) is 0 Å². The molecule has 0 spiro atoms. The van der Waals surface area contributed by atoms with Crippen molar-refractivity contribution in [1.82, 2.24) is 0 Å². The molecule has 0 amide bonds. The molecule has 0 saturated heterocycles. The molecule has 0 nitrogen and oxygen atoms in total. The zero-order valence-electron chi connectivity index (χ0n) is 9.15. The van der Waals surface area contributed by atoms with Crippen LogP contribution in [0.15, 0.2) is 0 Å². The van der Waals surface area contributed by atoms with Crippen molar-refractivity contribution in [3.63, 3.8) is 0 Å². The van der Waals surface area contributed by atoms with Crippen LogP contribution in [0.4, 0.5) is 0 Å². The Balaban J connectivity index is 2.24. The van der Waals surface area contributed by atoms with Crippen LogP contribution >= 0.6 is 0 Å². The highest BCUT2D eigenvalue weighted by Crippen LogP contribution is 2.66. The van der Waals surface area contributed by atoms with Crippen LogP contribution in [-0.4, -0.2) is 0 Å². The maximum Gasteiger partial charge on any atom is -0.0289 e. The van der Waals surface area contributed by atoms with Crippen molar-refractivity contribution in [3.05, 3.63) is 0 Å². The molecular weight excluding hydrogens is 144 g/mol. The second-order valence-corrected chi connectivity index (χ2v) is 6.26. The maximum absolute atomic E-state index is 2.49. The summed E-state index contributed by atoms with van der Waals surface area (Å²) in [6, 6.07) is 0. The third-order valence-corrected chi connectivity index (χ3v) is 5.18. The Hall–Kier alpha value is 0. The van der Waals surface area contributed by atoms with E-state index in [4.69, 9.17) is 0 Å². The van der Waals surface area contributed by atoms with Gasteiger partial charge in [0.25, 0.3) is 0 Å². The van der Waals surface area contributed by atoms with E-state index >= 15 is 0 Å². The highest BCUT2D eigenvalue weighted by atomic mass is 14.6. The summed E-state index contributed by atoms with van der Waals surface area (Å²) in [7, 11) is 0. The first-order valence-electron chi connectivity index (χ1n) is 5.37. The number of hydrogen-bond donors (Lipinski definition) is 0. The predicted molar refractivity (Wildman–Crippen MR) is 52.9 cm³/mol. The van der Waals surface area contributed by atoms with Gasteiger partial charge in [-0.1, -0.05) is 34.6 Å². The summed E-state index contributed by atoms with van der Waals surface area (Å²) in [6.07, 6.45) is 2.94. The highest BCUT2D eigenvalue weighted by molar-refractivity contribution is 5.07. The standard InChI is InChI=1S/C12H22/c1-8-10-6-12(5,9(10)2)7-11(8,3)4/h8-10H,6-7H2,1-5H3. The fraction of sp³-hybridized carbons (Fsp3) is 1.00. The van der Waals surface area contributed by atoms with Crippen molar-refractivity contribution in [2.75, 3.05) is 0 Å². The van der Waals surface area contributed by atoms with E-state index in [0.717, 1.165) is 17.8 Å². The number of fused-ring (bicyclic) bond motifs is 2. The fourth-order valence-electron chi connectivity index (χ4n) is 3.88. The van der Waals surface area contributed by atoms with E-state index in [1.54, 1.807) is 0 Å². The number of rotatable bonds is 0. The van der Waals surface area contributed by atoms with E-state index in [1.807, 2.05) is 0 Å². The Morgan fingerprint density at radius 1 is 1.00 bits per heavy atom. The van der Waals surface area contributed by atoms with Crippen molar-refractivity contribution in [2.45, 2.75) is 47.5 Å². The van der Waals surface area contributed by atoms with Gasteiger partial charge in [0.2, 0.25) is 0 Å². The Morgan fingerprint density at radius 2 is 1.58 bits per heavy atom. The molecule has 4 unspecified atom stereocenters. The van der Waals surface area contributed by atoms with Crippen LogP contribution < -0.4 is 0 Å². The minimum atomic E-state index is 0.601. The molecule has 2 bridgehead atoms. The third kappa shape index (κ3) is 0.843. The van der Waals surface area contributed by atoms with Crippen molar-refractivity contribution in [1.29, 1.82) is 0 Å². The van der Waals surface area contributed by atoms with E-state index in [2.05, 4.69) is 34.6 Å². The minimum absolute atomic E-state index is 0.601. The molecule has 0 heteroatoms. The first-order chi connectivity index (χ1) is 5.37. The Morgan fingerprint density at radius 3 is 2.00 bits per heavy atom. The molecule has 4 atom stereocenters. The van der Waals surface area contributed by atoms with Crippen LogP contribution in [-0.2, 0) is 0 Å². The van der Waals surface area contributed by atoms with Gasteiger partial charge < -0.3 is 0 Å². The lowest BCUT2D eigenvalue weighted by Gasteiger charge is -2.65. The predicted octanol–water partition coefficient (Wildman–Crippen LogP) is 3.71. The molecule has 0 N–H and O–H groups in total. The maximum atomic E-state index is 2.49. The fourth-order valence-corrected chi connectivity index (χ4v) is 3.88. The average molecular weight is 166 g/mol. The molecule has 3 fully saturated rings. The van der Waals surface area contributed by atoms with Crippen LogP contribution in [0, 0.1) is 28.6 Å². The van der Waals surface area contributed by atoms with Crippen LogP contribution in [0.1, 0.15) is 47.5 Å². The van der Waals surface area contributed by atoms with Crippen LogP contribution in [0.3, 0.4) is 0 Å². The van der Waals surface area contributed by atoms with Gasteiger partial charge in [0.05, 0.1) is 0 Å². The van der Waals surface area contributed by atoms with E-state index in [0.29, 0.717) is 10.8 Å². The zero-order valence-corrected chi connectivity index (χ0v) is 9.15. The summed E-state index contributed by atoms with van der Waals surface area (Å²) in [5, 5.41) is 0. The highest BCUT2D eigenvalue weighted by Gasteiger charge is 2.58. The summed E-state index contributed by atoms with van der Waals surface area (Å²) in [4.78, 5) is 0. The largest absolute Gasteiger partial charge is 0.0617 e. The normalized spacial score (nSPS) is 56.2. The van der Waals surface area contributed by atoms with Gasteiger partial charge in [-0.05, 0) is 41.4 Å². The Labute approximate surface area is 76.7 Å². The lowest BCUT2D eigenvalue weighted by molar-refractivity contribution is -0.160. The van der Waals surface area contributed by atoms with E-state index in [9.17, 15) is 0 Å². The summed E-state index contributed by atoms with van der Waals surface area (Å²) in [6.45, 7) is 12.3. The van der Waals surface area contributed by atoms with Gasteiger partial charge in [0, 0.05) is 0 Å². The lowest BCUT2D eigenvalue weighted by atomic mass is 9.40. The molecule has 12 heavy (non-hydrogen) atoms. The SMILES string of the molecule is CC1C2CC(C)(CC1(C)C)C2C. The van der Waals surface area contributed by atoms with Gasteiger partial charge in [0.1, 0.15) is 0 Å².